The second kappa shape index (κ2) is 7.51. The highest BCUT2D eigenvalue weighted by atomic mass is 32.2. The van der Waals surface area contributed by atoms with Gasteiger partial charge in [-0.15, -0.1) is 0 Å². The molecule has 0 saturated carbocycles. The summed E-state index contributed by atoms with van der Waals surface area (Å²) in [6, 6.07) is 5.63. The van der Waals surface area contributed by atoms with Crippen LogP contribution in [0.5, 0.6) is 0 Å². The predicted octanol–water partition coefficient (Wildman–Crippen LogP) is 2.09. The van der Waals surface area contributed by atoms with Crippen LogP contribution >= 0.6 is 0 Å². The average molecular weight is 432 g/mol. The molecule has 1 aliphatic heterocycles. The number of piperazine rings is 1. The summed E-state index contributed by atoms with van der Waals surface area (Å²) < 4.78 is 34.1. The van der Waals surface area contributed by atoms with Crippen LogP contribution in [0, 0.1) is 13.8 Å². The van der Waals surface area contributed by atoms with Gasteiger partial charge in [0.2, 0.25) is 10.0 Å². The summed E-state index contributed by atoms with van der Waals surface area (Å²) in [7, 11) is -3.64. The maximum absolute atomic E-state index is 13.0. The van der Waals surface area contributed by atoms with Crippen molar-refractivity contribution in [3.05, 3.63) is 46.3 Å². The van der Waals surface area contributed by atoms with Gasteiger partial charge in [-0.05, 0) is 45.9 Å². The third kappa shape index (κ3) is 3.39. The highest BCUT2D eigenvalue weighted by Crippen LogP contribution is 2.26. The molecule has 0 atom stereocenters. The third-order valence-electron chi connectivity index (χ3n) is 5.49. The van der Waals surface area contributed by atoms with Gasteiger partial charge in [0, 0.05) is 37.9 Å². The van der Waals surface area contributed by atoms with E-state index in [9.17, 15) is 13.2 Å². The van der Waals surface area contributed by atoms with Crippen molar-refractivity contribution < 1.29 is 12.9 Å². The van der Waals surface area contributed by atoms with Crippen molar-refractivity contribution in [1.82, 2.24) is 19.0 Å². The first-order valence-electron chi connectivity index (χ1n) is 9.89. The number of aromatic nitrogens is 3. The molecule has 3 aromatic rings. The molecule has 0 N–H and O–H groups in total. The first kappa shape index (κ1) is 20.5. The summed E-state index contributed by atoms with van der Waals surface area (Å²) in [4.78, 5) is 19.3. The molecule has 0 amide bonds. The van der Waals surface area contributed by atoms with Gasteiger partial charge in [0.1, 0.15) is 10.6 Å². The monoisotopic (exact) mass is 431 g/mol. The molecule has 1 aromatic carbocycles. The van der Waals surface area contributed by atoms with E-state index in [1.54, 1.807) is 30.8 Å². The topological polar surface area (TPSA) is 102 Å². The van der Waals surface area contributed by atoms with Crippen molar-refractivity contribution >= 4 is 26.6 Å². The normalized spacial score (nSPS) is 16.0. The standard InChI is InChI=1S/C20H25N5O4S/c1-13(2)25-12-21-18-11-16(5-6-17(18)20(25)26)23-7-9-24(10-8-23)30(27,28)19-14(3)22-29-15(19)4/h5-6,11-13H,7-10H2,1-4H3. The summed E-state index contributed by atoms with van der Waals surface area (Å²) in [5, 5.41) is 4.35. The number of rotatable bonds is 4. The van der Waals surface area contributed by atoms with E-state index < -0.39 is 10.0 Å². The average Bonchev–Trinajstić information content (AvgIpc) is 3.06. The minimum atomic E-state index is -3.64. The van der Waals surface area contributed by atoms with Crippen molar-refractivity contribution in [2.24, 2.45) is 0 Å². The first-order valence-corrected chi connectivity index (χ1v) is 11.3. The Balaban J connectivity index is 1.55. The molecule has 30 heavy (non-hydrogen) atoms. The van der Waals surface area contributed by atoms with Gasteiger partial charge >= 0.3 is 0 Å². The SMILES string of the molecule is Cc1noc(C)c1S(=O)(=O)N1CCN(c2ccc3c(=O)n(C(C)C)cnc3c2)CC1. The Hall–Kier alpha value is -2.72. The third-order valence-corrected chi connectivity index (χ3v) is 7.64. The van der Waals surface area contributed by atoms with E-state index in [1.807, 2.05) is 26.0 Å². The lowest BCUT2D eigenvalue weighted by Gasteiger charge is -2.35. The van der Waals surface area contributed by atoms with Crippen LogP contribution in [-0.4, -0.2) is 53.6 Å². The molecule has 0 aliphatic carbocycles. The van der Waals surface area contributed by atoms with Crippen LogP contribution in [0.3, 0.4) is 0 Å². The van der Waals surface area contributed by atoms with Crippen LogP contribution in [0.25, 0.3) is 10.9 Å². The molecule has 10 heteroatoms. The predicted molar refractivity (Wildman–Crippen MR) is 113 cm³/mol. The summed E-state index contributed by atoms with van der Waals surface area (Å²) in [6.07, 6.45) is 1.58. The first-order chi connectivity index (χ1) is 14.2. The van der Waals surface area contributed by atoms with Gasteiger partial charge in [0.15, 0.2) is 5.76 Å². The highest BCUT2D eigenvalue weighted by Gasteiger charge is 2.33. The fourth-order valence-electron chi connectivity index (χ4n) is 3.85. The molecule has 4 rings (SSSR count). The maximum Gasteiger partial charge on any atom is 0.261 e. The molecule has 1 aliphatic rings. The Morgan fingerprint density at radius 3 is 2.40 bits per heavy atom. The van der Waals surface area contributed by atoms with Crippen molar-refractivity contribution in [3.8, 4) is 0 Å². The molecule has 3 heterocycles. The molecular weight excluding hydrogens is 406 g/mol. The van der Waals surface area contributed by atoms with E-state index >= 15 is 0 Å². The van der Waals surface area contributed by atoms with Crippen molar-refractivity contribution in [2.45, 2.75) is 38.6 Å². The number of anilines is 1. The van der Waals surface area contributed by atoms with Gasteiger partial charge < -0.3 is 9.42 Å². The highest BCUT2D eigenvalue weighted by molar-refractivity contribution is 7.89. The Bertz CT molecular complexity index is 1230. The number of sulfonamides is 1. The number of fused-ring (bicyclic) bond motifs is 1. The second-order valence-electron chi connectivity index (χ2n) is 7.80. The lowest BCUT2D eigenvalue weighted by molar-refractivity contribution is 0.378. The smallest absolute Gasteiger partial charge is 0.261 e. The molecule has 1 saturated heterocycles. The molecule has 0 radical (unpaired) electrons. The number of nitrogens with zero attached hydrogens (tertiary/aromatic N) is 5. The second-order valence-corrected chi connectivity index (χ2v) is 9.67. The molecule has 0 unspecified atom stereocenters. The summed E-state index contributed by atoms with van der Waals surface area (Å²) in [5.74, 6) is 0.308. The number of hydrogen-bond donors (Lipinski definition) is 0. The number of hydrogen-bond acceptors (Lipinski definition) is 7. The summed E-state index contributed by atoms with van der Waals surface area (Å²) in [5.41, 5.74) is 1.88. The molecule has 0 bridgehead atoms. The molecule has 160 valence electrons. The van der Waals surface area contributed by atoms with E-state index in [0.717, 1.165) is 5.69 Å². The van der Waals surface area contributed by atoms with E-state index in [4.69, 9.17) is 4.52 Å². The molecule has 2 aromatic heterocycles. The van der Waals surface area contributed by atoms with Crippen LogP contribution in [0.2, 0.25) is 0 Å². The Morgan fingerprint density at radius 2 is 1.80 bits per heavy atom. The van der Waals surface area contributed by atoms with Crippen LogP contribution in [0.15, 0.2) is 38.7 Å². The minimum Gasteiger partial charge on any atom is -0.369 e. The number of benzene rings is 1. The zero-order valence-corrected chi connectivity index (χ0v) is 18.3. The Labute approximate surface area is 175 Å². The molecule has 0 spiro atoms. The van der Waals surface area contributed by atoms with Gasteiger partial charge in [0.05, 0.1) is 17.2 Å². The largest absolute Gasteiger partial charge is 0.369 e. The van der Waals surface area contributed by atoms with Crippen molar-refractivity contribution in [2.75, 3.05) is 31.1 Å². The fourth-order valence-corrected chi connectivity index (χ4v) is 5.56. The Kier molecular flexibility index (Phi) is 5.15. The summed E-state index contributed by atoms with van der Waals surface area (Å²) in [6.45, 7) is 8.92. The zero-order valence-electron chi connectivity index (χ0n) is 17.5. The maximum atomic E-state index is 13.0. The fraction of sp³-hybridized carbons (Fsp3) is 0.450. The van der Waals surface area contributed by atoms with Crippen LogP contribution in [-0.2, 0) is 10.0 Å². The molecule has 1 fully saturated rings. The van der Waals surface area contributed by atoms with Gasteiger partial charge in [-0.1, -0.05) is 5.16 Å². The van der Waals surface area contributed by atoms with E-state index in [-0.39, 0.29) is 16.5 Å². The lowest BCUT2D eigenvalue weighted by atomic mass is 10.2. The minimum absolute atomic E-state index is 0.0433. The van der Waals surface area contributed by atoms with Gasteiger partial charge in [-0.3, -0.25) is 9.36 Å². The Morgan fingerprint density at radius 1 is 1.10 bits per heavy atom. The van der Waals surface area contributed by atoms with Crippen molar-refractivity contribution in [3.63, 3.8) is 0 Å². The van der Waals surface area contributed by atoms with Crippen molar-refractivity contribution in [1.29, 1.82) is 0 Å². The van der Waals surface area contributed by atoms with E-state index in [1.165, 1.54) is 4.31 Å². The molecule has 9 nitrogen and oxygen atoms in total. The van der Waals surface area contributed by atoms with Gasteiger partial charge in [-0.25, -0.2) is 13.4 Å². The quantitative estimate of drug-likeness (QED) is 0.623. The van der Waals surface area contributed by atoms with Gasteiger partial charge in [0.25, 0.3) is 5.56 Å². The van der Waals surface area contributed by atoms with Crippen LogP contribution in [0.4, 0.5) is 5.69 Å². The lowest BCUT2D eigenvalue weighted by Crippen LogP contribution is -2.48. The van der Waals surface area contributed by atoms with E-state index in [2.05, 4.69) is 15.0 Å². The summed E-state index contributed by atoms with van der Waals surface area (Å²) >= 11 is 0. The molecular formula is C20H25N5O4S. The number of aryl methyl sites for hydroxylation is 2. The van der Waals surface area contributed by atoms with Crippen LogP contribution < -0.4 is 10.5 Å². The van der Waals surface area contributed by atoms with E-state index in [0.29, 0.717) is 48.5 Å². The zero-order chi connectivity index (χ0) is 21.6. The van der Waals surface area contributed by atoms with Crippen LogP contribution in [0.1, 0.15) is 31.3 Å². The van der Waals surface area contributed by atoms with Gasteiger partial charge in [-0.2, -0.15) is 4.31 Å².